The van der Waals surface area contributed by atoms with Crippen LogP contribution in [0.15, 0.2) is 47.8 Å². The maximum absolute atomic E-state index is 12.9. The summed E-state index contributed by atoms with van der Waals surface area (Å²) in [5, 5.41) is 5.15. The highest BCUT2D eigenvalue weighted by atomic mass is 32.1. The number of carbonyl (C=O) groups excluding carboxylic acids is 1. The van der Waals surface area contributed by atoms with Crippen LogP contribution in [0, 0.1) is 5.82 Å². The number of nitrogens with zero attached hydrogens (tertiary/aromatic N) is 1. The Bertz CT molecular complexity index is 924. The smallest absolute Gasteiger partial charge is 0.231 e. The summed E-state index contributed by atoms with van der Waals surface area (Å²) < 4.78 is 23.5. The molecule has 3 aromatic rings. The van der Waals surface area contributed by atoms with E-state index in [-0.39, 0.29) is 24.9 Å². The molecule has 126 valence electrons. The van der Waals surface area contributed by atoms with Gasteiger partial charge in [0.1, 0.15) is 5.82 Å². The highest BCUT2D eigenvalue weighted by Crippen LogP contribution is 2.36. The number of aromatic nitrogens is 1. The third-order valence-electron chi connectivity index (χ3n) is 3.70. The van der Waals surface area contributed by atoms with E-state index in [1.807, 2.05) is 23.6 Å². The number of hydrogen-bond donors (Lipinski definition) is 1. The van der Waals surface area contributed by atoms with Crippen LogP contribution in [0.3, 0.4) is 0 Å². The fourth-order valence-electron chi connectivity index (χ4n) is 2.47. The molecule has 1 aliphatic rings. The van der Waals surface area contributed by atoms with Gasteiger partial charge in [0.15, 0.2) is 16.6 Å². The summed E-state index contributed by atoms with van der Waals surface area (Å²) in [5.74, 6) is 0.884. The van der Waals surface area contributed by atoms with E-state index in [2.05, 4.69) is 10.3 Å². The van der Waals surface area contributed by atoms with E-state index < -0.39 is 0 Å². The molecule has 1 N–H and O–H groups in total. The molecule has 2 heterocycles. The quantitative estimate of drug-likeness (QED) is 0.771. The molecular weight excluding hydrogens is 343 g/mol. The lowest BCUT2D eigenvalue weighted by molar-refractivity contribution is -0.115. The van der Waals surface area contributed by atoms with E-state index in [1.165, 1.54) is 23.5 Å². The first-order chi connectivity index (χ1) is 12.2. The van der Waals surface area contributed by atoms with Crippen molar-refractivity contribution < 1.29 is 18.7 Å². The van der Waals surface area contributed by atoms with Crippen LogP contribution in [0.1, 0.15) is 5.56 Å². The second-order valence-electron chi connectivity index (χ2n) is 5.46. The number of rotatable bonds is 4. The molecule has 0 spiro atoms. The molecule has 1 amide bonds. The van der Waals surface area contributed by atoms with Crippen LogP contribution in [-0.2, 0) is 11.2 Å². The standard InChI is InChI=1S/C18H13FN2O3S/c19-13-4-1-11(2-5-13)7-17(22)21-18-20-14(9-25-18)12-3-6-15-16(8-12)24-10-23-15/h1-6,8-9H,7,10H2,(H,20,21,22). The predicted octanol–water partition coefficient (Wildman–Crippen LogP) is 3.86. The van der Waals surface area contributed by atoms with Crippen LogP contribution in [0.4, 0.5) is 9.52 Å². The maximum atomic E-state index is 12.9. The Balaban J connectivity index is 1.44. The van der Waals surface area contributed by atoms with E-state index in [9.17, 15) is 9.18 Å². The van der Waals surface area contributed by atoms with Gasteiger partial charge in [-0.2, -0.15) is 0 Å². The molecular formula is C18H13FN2O3S. The second kappa shape index (κ2) is 6.52. The van der Waals surface area contributed by atoms with Gasteiger partial charge in [0, 0.05) is 10.9 Å². The Hall–Kier alpha value is -2.93. The zero-order valence-corrected chi connectivity index (χ0v) is 13.8. The van der Waals surface area contributed by atoms with Gasteiger partial charge in [-0.05, 0) is 35.9 Å². The number of nitrogens with one attached hydrogen (secondary N) is 1. The lowest BCUT2D eigenvalue weighted by Gasteiger charge is -2.02. The van der Waals surface area contributed by atoms with Crippen molar-refractivity contribution in [3.05, 3.63) is 59.2 Å². The highest BCUT2D eigenvalue weighted by molar-refractivity contribution is 7.14. The first-order valence-electron chi connectivity index (χ1n) is 7.57. The van der Waals surface area contributed by atoms with E-state index in [0.29, 0.717) is 16.6 Å². The third-order valence-corrected chi connectivity index (χ3v) is 4.45. The first-order valence-corrected chi connectivity index (χ1v) is 8.45. The van der Waals surface area contributed by atoms with Crippen molar-refractivity contribution >= 4 is 22.4 Å². The van der Waals surface area contributed by atoms with Gasteiger partial charge in [-0.3, -0.25) is 4.79 Å². The van der Waals surface area contributed by atoms with Crippen LogP contribution >= 0.6 is 11.3 Å². The summed E-state index contributed by atoms with van der Waals surface area (Å²) in [6.07, 6.45) is 0.166. The molecule has 1 aliphatic heterocycles. The summed E-state index contributed by atoms with van der Waals surface area (Å²) in [5.41, 5.74) is 2.38. The molecule has 0 aliphatic carbocycles. The SMILES string of the molecule is O=C(Cc1ccc(F)cc1)Nc1nc(-c2ccc3c(c2)OCO3)cs1. The molecule has 0 bridgehead atoms. The van der Waals surface area contributed by atoms with Crippen LogP contribution in [-0.4, -0.2) is 17.7 Å². The Morgan fingerprint density at radius 3 is 2.80 bits per heavy atom. The monoisotopic (exact) mass is 356 g/mol. The number of ether oxygens (including phenoxy) is 2. The molecule has 1 aromatic heterocycles. The zero-order chi connectivity index (χ0) is 17.2. The van der Waals surface area contributed by atoms with Gasteiger partial charge in [0.25, 0.3) is 0 Å². The molecule has 0 atom stereocenters. The normalized spacial score (nSPS) is 12.2. The van der Waals surface area contributed by atoms with Crippen molar-refractivity contribution in [2.45, 2.75) is 6.42 Å². The van der Waals surface area contributed by atoms with E-state index >= 15 is 0 Å². The summed E-state index contributed by atoms with van der Waals surface area (Å²) in [6.45, 7) is 0.223. The van der Waals surface area contributed by atoms with Gasteiger partial charge in [-0.1, -0.05) is 12.1 Å². The molecule has 4 rings (SSSR count). The first kappa shape index (κ1) is 15.6. The summed E-state index contributed by atoms with van der Waals surface area (Å²) in [4.78, 5) is 16.5. The molecule has 2 aromatic carbocycles. The number of thiazole rings is 1. The van der Waals surface area contributed by atoms with Gasteiger partial charge in [0.2, 0.25) is 12.7 Å². The third kappa shape index (κ3) is 3.46. The minimum atomic E-state index is -0.322. The van der Waals surface area contributed by atoms with Crippen molar-refractivity contribution in [3.8, 4) is 22.8 Å². The highest BCUT2D eigenvalue weighted by Gasteiger charge is 2.15. The Morgan fingerprint density at radius 2 is 1.96 bits per heavy atom. The topological polar surface area (TPSA) is 60.5 Å². The van der Waals surface area contributed by atoms with Gasteiger partial charge in [-0.15, -0.1) is 11.3 Å². The molecule has 0 radical (unpaired) electrons. The van der Waals surface area contributed by atoms with Crippen molar-refractivity contribution in [2.75, 3.05) is 12.1 Å². The summed E-state index contributed by atoms with van der Waals surface area (Å²) in [6, 6.07) is 11.5. The number of halogens is 1. The van der Waals surface area contributed by atoms with Crippen molar-refractivity contribution in [3.63, 3.8) is 0 Å². The molecule has 0 unspecified atom stereocenters. The van der Waals surface area contributed by atoms with E-state index in [1.54, 1.807) is 12.1 Å². The number of amides is 1. The number of benzene rings is 2. The minimum Gasteiger partial charge on any atom is -0.454 e. The van der Waals surface area contributed by atoms with Crippen LogP contribution in [0.2, 0.25) is 0 Å². The van der Waals surface area contributed by atoms with Crippen LogP contribution in [0.25, 0.3) is 11.3 Å². The van der Waals surface area contributed by atoms with Gasteiger partial charge < -0.3 is 14.8 Å². The Morgan fingerprint density at radius 1 is 1.16 bits per heavy atom. The summed E-state index contributed by atoms with van der Waals surface area (Å²) in [7, 11) is 0. The van der Waals surface area contributed by atoms with Crippen molar-refractivity contribution in [1.29, 1.82) is 0 Å². The molecule has 7 heteroatoms. The largest absolute Gasteiger partial charge is 0.454 e. The van der Waals surface area contributed by atoms with Crippen molar-refractivity contribution in [2.24, 2.45) is 0 Å². The van der Waals surface area contributed by atoms with Gasteiger partial charge >= 0.3 is 0 Å². The maximum Gasteiger partial charge on any atom is 0.231 e. The fourth-order valence-corrected chi connectivity index (χ4v) is 3.21. The average molecular weight is 356 g/mol. The average Bonchev–Trinajstić information content (AvgIpc) is 3.25. The van der Waals surface area contributed by atoms with E-state index in [4.69, 9.17) is 9.47 Å². The molecule has 5 nitrogen and oxygen atoms in total. The van der Waals surface area contributed by atoms with Crippen LogP contribution < -0.4 is 14.8 Å². The fraction of sp³-hybridized carbons (Fsp3) is 0.111. The molecule has 25 heavy (non-hydrogen) atoms. The number of hydrogen-bond acceptors (Lipinski definition) is 5. The number of anilines is 1. The van der Waals surface area contributed by atoms with Gasteiger partial charge in [0.05, 0.1) is 12.1 Å². The molecule has 0 saturated carbocycles. The minimum absolute atomic E-state index is 0.166. The Labute approximate surface area is 147 Å². The molecule has 0 fully saturated rings. The van der Waals surface area contributed by atoms with E-state index in [0.717, 1.165) is 16.8 Å². The lowest BCUT2D eigenvalue weighted by Crippen LogP contribution is -2.14. The number of carbonyl (C=O) groups is 1. The van der Waals surface area contributed by atoms with Crippen molar-refractivity contribution in [1.82, 2.24) is 4.98 Å². The molecule has 0 saturated heterocycles. The van der Waals surface area contributed by atoms with Gasteiger partial charge in [-0.25, -0.2) is 9.37 Å². The Kier molecular flexibility index (Phi) is 4.07. The lowest BCUT2D eigenvalue weighted by atomic mass is 10.1. The zero-order valence-electron chi connectivity index (χ0n) is 13.0. The van der Waals surface area contributed by atoms with Crippen LogP contribution in [0.5, 0.6) is 11.5 Å². The predicted molar refractivity (Wildman–Crippen MR) is 92.4 cm³/mol. The summed E-state index contributed by atoms with van der Waals surface area (Å²) >= 11 is 1.34. The second-order valence-corrected chi connectivity index (χ2v) is 6.32. The number of fused-ring (bicyclic) bond motifs is 1.